The molecule has 5 radical (unpaired) electrons. The summed E-state index contributed by atoms with van der Waals surface area (Å²) in [4.78, 5) is 17.3. The van der Waals surface area contributed by atoms with Crippen LogP contribution in [0.1, 0.15) is 0 Å². The zero-order chi connectivity index (χ0) is 74.6. The number of benzene rings is 16. The molecule has 4 aromatic heterocycles. The van der Waals surface area contributed by atoms with E-state index in [0.29, 0.717) is 25.9 Å². The second-order valence-electron chi connectivity index (χ2n) is 27.4. The summed E-state index contributed by atoms with van der Waals surface area (Å²) in [6, 6.07) is 144. The van der Waals surface area contributed by atoms with E-state index in [-0.39, 0.29) is 31.5 Å². The van der Waals surface area contributed by atoms with Crippen LogP contribution in [0.4, 0.5) is 17.1 Å². The second kappa shape index (κ2) is 32.7. The molecule has 4 heterocycles. The Morgan fingerprint density at radius 3 is 0.920 bits per heavy atom. The van der Waals surface area contributed by atoms with Crippen LogP contribution in [0.25, 0.3) is 161 Å². The summed E-state index contributed by atoms with van der Waals surface area (Å²) < 4.78 is 7.09. The summed E-state index contributed by atoms with van der Waals surface area (Å²) in [5, 5.41) is 7.50. The van der Waals surface area contributed by atoms with Crippen LogP contribution in [0.3, 0.4) is 0 Å². The first kappa shape index (κ1) is 72.5. The fourth-order valence-electron chi connectivity index (χ4n) is 15.3. The van der Waals surface area contributed by atoms with E-state index < -0.39 is 0 Å². The molecule has 529 valence electrons. The second-order valence-corrected chi connectivity index (χ2v) is 29.8. The SMILES string of the molecule is [B]PC([B])P.[BiH2].c1ccc(-c2ccc(N(c3ccc(-c4ccccc4)cc3)c3ccc(-c4ccc5c(c4)c4ccccc4n5-c4ccccc4)cc3)cc2)cc1.c1ccc(-c2nc(-c3ccccc3)nc(-c3cccc(-n4c5ccccc5c5ccc(-c6ccc7c(c6)c6ccccc6n7-c6ccccc6)cc54)c3)n2)cc1. The van der Waals surface area contributed by atoms with Crippen LogP contribution in [-0.2, 0) is 0 Å². The Morgan fingerprint density at radius 1 is 0.241 bits per heavy atom. The number of hydrogen-bond acceptors (Lipinski definition) is 4. The van der Waals surface area contributed by atoms with E-state index in [1.54, 1.807) is 0 Å². The van der Waals surface area contributed by atoms with Crippen LogP contribution in [0.5, 0.6) is 0 Å². The van der Waals surface area contributed by atoms with Gasteiger partial charge in [0.05, 0.1) is 40.9 Å². The predicted molar refractivity (Wildman–Crippen MR) is 484 cm³/mol. The third-order valence-electron chi connectivity index (χ3n) is 20.6. The van der Waals surface area contributed by atoms with Gasteiger partial charge in [-0.05, 0) is 166 Å². The molecule has 112 heavy (non-hydrogen) atoms. The Bertz CT molecular complexity index is 6550. The number of nitrogens with zero attached hydrogens (tertiary/aromatic N) is 7. The summed E-state index contributed by atoms with van der Waals surface area (Å²) in [5.41, 5.74) is 26.2. The predicted octanol–water partition coefficient (Wildman–Crippen LogP) is 25.1. The molecule has 0 aliphatic carbocycles. The summed E-state index contributed by atoms with van der Waals surface area (Å²) in [7, 11) is 12.9. The topological polar surface area (TPSA) is 56.7 Å². The van der Waals surface area contributed by atoms with Crippen molar-refractivity contribution in [3.8, 4) is 95.7 Å². The van der Waals surface area contributed by atoms with Crippen LogP contribution >= 0.6 is 17.7 Å². The molecule has 20 rings (SSSR count). The first-order chi connectivity index (χ1) is 54.8. The first-order valence-electron chi connectivity index (χ1n) is 37.2. The number of aromatic nitrogens is 6. The van der Waals surface area contributed by atoms with E-state index in [9.17, 15) is 0 Å². The summed E-state index contributed by atoms with van der Waals surface area (Å²) in [5.74, 6) is 1.92. The van der Waals surface area contributed by atoms with Gasteiger partial charge in [-0.2, -0.15) is 8.46 Å². The van der Waals surface area contributed by atoms with Gasteiger partial charge < -0.3 is 18.6 Å². The van der Waals surface area contributed by atoms with E-state index in [1.807, 2.05) is 60.7 Å². The van der Waals surface area contributed by atoms with Crippen molar-refractivity contribution in [2.24, 2.45) is 0 Å². The van der Waals surface area contributed by atoms with Crippen molar-refractivity contribution in [1.29, 1.82) is 0 Å². The van der Waals surface area contributed by atoms with E-state index in [0.717, 1.165) is 61.7 Å². The van der Waals surface area contributed by atoms with Crippen LogP contribution in [0.2, 0.25) is 0 Å². The molecule has 0 aliphatic rings. The number of hydrogen-bond donors (Lipinski definition) is 0. The smallest absolute Gasteiger partial charge is 0.164 e. The van der Waals surface area contributed by atoms with Crippen LogP contribution in [0, 0.1) is 0 Å². The first-order valence-corrected chi connectivity index (χ1v) is 39.0. The van der Waals surface area contributed by atoms with Crippen molar-refractivity contribution in [3.05, 3.63) is 406 Å². The molecule has 3 atom stereocenters. The summed E-state index contributed by atoms with van der Waals surface area (Å²) >= 11 is 0. The van der Waals surface area contributed by atoms with Gasteiger partial charge in [0, 0.05) is 83.1 Å². The van der Waals surface area contributed by atoms with E-state index in [2.05, 4.69) is 374 Å². The minimum atomic E-state index is 0. The average Bonchev–Trinajstić information content (AvgIpc) is 1.59. The molecule has 16 aromatic carbocycles. The molecule has 3 unspecified atom stereocenters. The zero-order valence-corrected chi connectivity index (χ0v) is 67.8. The van der Waals surface area contributed by atoms with Gasteiger partial charge >= 0.3 is 26.2 Å². The number of rotatable bonds is 14. The molecule has 0 saturated heterocycles. The summed E-state index contributed by atoms with van der Waals surface area (Å²) in [6.07, 6.45) is 0. The van der Waals surface area contributed by atoms with Crippen molar-refractivity contribution >= 4 is 142 Å². The molecule has 7 nitrogen and oxygen atoms in total. The molecular weight excluding hydrogens is 1590 g/mol. The van der Waals surface area contributed by atoms with E-state index in [1.165, 1.54) is 99.0 Å². The van der Waals surface area contributed by atoms with Crippen molar-refractivity contribution in [2.45, 2.75) is 5.30 Å². The molecule has 0 fully saturated rings. The maximum Gasteiger partial charge on any atom is 0.164 e. The maximum absolute atomic E-state index is 5.14. The van der Waals surface area contributed by atoms with E-state index in [4.69, 9.17) is 30.4 Å². The number of para-hydroxylation sites is 5. The Hall–Kier alpha value is -12.4. The van der Waals surface area contributed by atoms with Gasteiger partial charge in [0.2, 0.25) is 0 Å². The molecule has 0 spiro atoms. The Kier molecular flexibility index (Phi) is 21.1. The van der Waals surface area contributed by atoms with Crippen LogP contribution in [0.15, 0.2) is 406 Å². The van der Waals surface area contributed by atoms with Gasteiger partial charge in [0.1, 0.15) is 7.57 Å². The minimum absolute atomic E-state index is 0. The van der Waals surface area contributed by atoms with Gasteiger partial charge in [-0.3, -0.25) is 0 Å². The third kappa shape index (κ3) is 14.6. The fraction of sp³-hybridized carbons (Fsp3) is 0.0100. The normalized spacial score (nSPS) is 11.5. The Morgan fingerprint density at radius 2 is 0.509 bits per heavy atom. The van der Waals surface area contributed by atoms with Gasteiger partial charge in [-0.15, -0.1) is 9.24 Å². The molecule has 12 heteroatoms. The van der Waals surface area contributed by atoms with Gasteiger partial charge in [0.15, 0.2) is 17.5 Å². The molecular formula is C100H73B2BiN7P2. The van der Waals surface area contributed by atoms with Crippen LogP contribution in [-0.4, -0.2) is 75.6 Å². The monoisotopic (exact) mass is 1660 g/mol. The molecule has 0 saturated carbocycles. The van der Waals surface area contributed by atoms with Gasteiger partial charge in [-0.1, -0.05) is 290 Å². The van der Waals surface area contributed by atoms with Crippen molar-refractivity contribution in [2.75, 3.05) is 4.90 Å². The average molecular weight is 1670 g/mol. The Balaban J connectivity index is 0.000000153. The quantitative estimate of drug-likeness (QED) is 0.0804. The number of anilines is 3. The molecule has 0 amide bonds. The zero-order valence-electron chi connectivity index (χ0n) is 61.2. The van der Waals surface area contributed by atoms with Gasteiger partial charge in [-0.25, -0.2) is 15.0 Å². The third-order valence-corrected chi connectivity index (χ3v) is 21.5. The molecule has 0 bridgehead atoms. The standard InChI is InChI=1S/C51H33N5.C48H34N2.CH4B2P2.Bi.2H/c1-4-15-34(16-5-1)49-52-50(35-17-6-2-7-18-35)54-51(53-49)38-19-14-22-40(31-38)56-45-25-12-10-23-41(45)43-29-27-37(33-48(43)56)36-28-30-47-44(32-36)42-24-11-13-26-46(42)55(47)39-20-8-3-9-21-39;1-4-12-35(13-5-1)37-20-27-42(28-21-37)49(43-29-22-38(23-30-43)36-14-6-2-7-15-36)44-31-24-39(25-32-44)40-26-33-48-46(34-40)45-18-10-11-19-47(45)50(48)41-16-8-3-9-17-41;2-1(4)5-3;;;/h1-33H;1-34H;1,5H,4H2;;;. The molecule has 0 aliphatic heterocycles. The summed E-state index contributed by atoms with van der Waals surface area (Å²) in [6.45, 7) is 0. The van der Waals surface area contributed by atoms with Crippen molar-refractivity contribution in [1.82, 2.24) is 28.7 Å². The number of fused-ring (bicyclic) bond motifs is 9. The fourth-order valence-corrected chi connectivity index (χ4v) is 15.3. The Labute approximate surface area is 677 Å². The minimum Gasteiger partial charge on any atom is -0.311 e. The van der Waals surface area contributed by atoms with Crippen LogP contribution < -0.4 is 4.90 Å². The van der Waals surface area contributed by atoms with Crippen molar-refractivity contribution in [3.63, 3.8) is 0 Å². The largest absolute Gasteiger partial charge is 0.311 e. The van der Waals surface area contributed by atoms with E-state index >= 15 is 0 Å². The van der Waals surface area contributed by atoms with Crippen molar-refractivity contribution < 1.29 is 0 Å². The molecule has 20 aromatic rings. The van der Waals surface area contributed by atoms with Gasteiger partial charge in [0.25, 0.3) is 0 Å². The maximum atomic E-state index is 5.14. The molecule has 0 N–H and O–H groups in total.